The minimum atomic E-state index is -0.174. The van der Waals surface area contributed by atoms with Gasteiger partial charge in [0, 0.05) is 22.0 Å². The Hall–Kier alpha value is -0.420. The summed E-state index contributed by atoms with van der Waals surface area (Å²) in [4.78, 5) is 2.38. The lowest BCUT2D eigenvalue weighted by Gasteiger charge is -2.26. The molecular weight excluding hydrogens is 394 g/mol. The van der Waals surface area contributed by atoms with Crippen LogP contribution in [0.15, 0.2) is 31.3 Å². The summed E-state index contributed by atoms with van der Waals surface area (Å²) in [6, 6.07) is 4.11. The van der Waals surface area contributed by atoms with E-state index < -0.39 is 0 Å². The van der Waals surface area contributed by atoms with Crippen molar-refractivity contribution >= 4 is 43.2 Å². The Bertz CT molecular complexity index is 487. The van der Waals surface area contributed by atoms with E-state index in [1.807, 2.05) is 6.07 Å². The number of anilines is 1. The van der Waals surface area contributed by atoms with Crippen LogP contribution >= 0.6 is 31.9 Å². The highest BCUT2D eigenvalue weighted by atomic mass is 79.9. The van der Waals surface area contributed by atoms with Gasteiger partial charge in [0.15, 0.2) is 0 Å². The van der Waals surface area contributed by atoms with Crippen molar-refractivity contribution in [1.29, 1.82) is 0 Å². The van der Waals surface area contributed by atoms with E-state index in [0.717, 1.165) is 46.3 Å². The molecule has 0 aromatic heterocycles. The Morgan fingerprint density at radius 2 is 1.62 bits per heavy atom. The molecule has 3 nitrogen and oxygen atoms in total. The fourth-order valence-corrected chi connectivity index (χ4v) is 3.47. The predicted octanol–water partition coefficient (Wildman–Crippen LogP) is 6.72. The molecule has 0 aliphatic heterocycles. The molecule has 1 rings (SSSR count). The van der Waals surface area contributed by atoms with Gasteiger partial charge in [-0.15, -0.1) is 0 Å². The zero-order valence-corrected chi connectivity index (χ0v) is 16.8. The van der Waals surface area contributed by atoms with Gasteiger partial charge in [-0.25, -0.2) is 0 Å². The zero-order chi connectivity index (χ0) is 16.0. The molecule has 0 aliphatic rings. The van der Waals surface area contributed by atoms with E-state index in [0.29, 0.717) is 0 Å². The Morgan fingerprint density at radius 3 is 2.10 bits per heavy atom. The first-order valence-electron chi connectivity index (χ1n) is 7.45. The first kappa shape index (κ1) is 18.6. The van der Waals surface area contributed by atoms with Crippen LogP contribution in [0.2, 0.25) is 0 Å². The Morgan fingerprint density at radius 1 is 1.05 bits per heavy atom. The molecule has 118 valence electrons. The van der Waals surface area contributed by atoms with Crippen molar-refractivity contribution in [2.75, 3.05) is 18.0 Å². The van der Waals surface area contributed by atoms with Crippen LogP contribution in [0, 0.1) is 0 Å². The molecule has 0 bridgehead atoms. The number of hydrogen-bond acceptors (Lipinski definition) is 3. The summed E-state index contributed by atoms with van der Waals surface area (Å²) in [5.41, 5.74) is 1.87. The van der Waals surface area contributed by atoms with E-state index in [-0.39, 0.29) is 5.54 Å². The maximum atomic E-state index is 4.51. The van der Waals surface area contributed by atoms with Crippen LogP contribution in [0.4, 0.5) is 11.4 Å². The lowest BCUT2D eigenvalue weighted by atomic mass is 10.1. The van der Waals surface area contributed by atoms with Gasteiger partial charge < -0.3 is 4.90 Å². The van der Waals surface area contributed by atoms with Gasteiger partial charge in [-0.05, 0) is 61.7 Å². The summed E-state index contributed by atoms with van der Waals surface area (Å²) in [6.07, 6.45) is 2.22. The van der Waals surface area contributed by atoms with E-state index in [1.54, 1.807) is 0 Å². The predicted molar refractivity (Wildman–Crippen MR) is 98.9 cm³/mol. The van der Waals surface area contributed by atoms with Crippen molar-refractivity contribution in [2.45, 2.75) is 53.0 Å². The highest BCUT2D eigenvalue weighted by Crippen LogP contribution is 2.40. The molecule has 0 aliphatic carbocycles. The topological polar surface area (TPSA) is 28.0 Å². The summed E-state index contributed by atoms with van der Waals surface area (Å²) in [7, 11) is 0. The molecule has 1 aromatic carbocycles. The molecule has 0 atom stereocenters. The third-order valence-electron chi connectivity index (χ3n) is 2.77. The average Bonchev–Trinajstić information content (AvgIpc) is 2.35. The van der Waals surface area contributed by atoms with Crippen molar-refractivity contribution in [3.63, 3.8) is 0 Å². The highest BCUT2D eigenvalue weighted by Gasteiger charge is 2.16. The molecule has 5 heteroatoms. The van der Waals surface area contributed by atoms with E-state index in [1.165, 1.54) is 0 Å². The molecule has 0 saturated heterocycles. The normalized spacial score (nSPS) is 12.1. The van der Waals surface area contributed by atoms with Gasteiger partial charge in [-0.3, -0.25) is 0 Å². The standard InChI is InChI=1S/C16H25Br2N3/c1-6-8-21(9-7-2)15-13(18)10-12(17)11-14(15)19-20-16(3,4)5/h10-11H,6-9H2,1-5H3. The van der Waals surface area contributed by atoms with Crippen LogP contribution in [0.5, 0.6) is 0 Å². The van der Waals surface area contributed by atoms with E-state index in [4.69, 9.17) is 0 Å². The number of azo groups is 1. The Labute approximate surface area is 145 Å². The monoisotopic (exact) mass is 417 g/mol. The molecule has 0 N–H and O–H groups in total. The summed E-state index contributed by atoms with van der Waals surface area (Å²) < 4.78 is 2.07. The Balaban J connectivity index is 3.30. The van der Waals surface area contributed by atoms with Crippen molar-refractivity contribution in [1.82, 2.24) is 0 Å². The van der Waals surface area contributed by atoms with Crippen LogP contribution in [-0.2, 0) is 0 Å². The minimum Gasteiger partial charge on any atom is -0.369 e. The number of rotatable bonds is 6. The first-order chi connectivity index (χ1) is 9.78. The van der Waals surface area contributed by atoms with Crippen LogP contribution in [0.25, 0.3) is 0 Å². The molecule has 0 fully saturated rings. The summed E-state index contributed by atoms with van der Waals surface area (Å²) >= 11 is 7.23. The summed E-state index contributed by atoms with van der Waals surface area (Å²) in [6.45, 7) is 12.6. The maximum absolute atomic E-state index is 4.51. The van der Waals surface area contributed by atoms with E-state index in [9.17, 15) is 0 Å². The van der Waals surface area contributed by atoms with E-state index >= 15 is 0 Å². The molecule has 0 unspecified atom stereocenters. The highest BCUT2D eigenvalue weighted by molar-refractivity contribution is 9.11. The molecule has 1 aromatic rings. The third-order valence-corrected chi connectivity index (χ3v) is 3.83. The number of benzene rings is 1. The molecule has 21 heavy (non-hydrogen) atoms. The SMILES string of the molecule is CCCN(CCC)c1c(Br)cc(Br)cc1N=NC(C)(C)C. The fraction of sp³-hybridized carbons (Fsp3) is 0.625. The first-order valence-corrected chi connectivity index (χ1v) is 9.04. The molecular formula is C16H25Br2N3. The van der Waals surface area contributed by atoms with Crippen molar-refractivity contribution in [3.8, 4) is 0 Å². The van der Waals surface area contributed by atoms with Crippen LogP contribution < -0.4 is 4.90 Å². The third kappa shape index (κ3) is 6.07. The van der Waals surface area contributed by atoms with E-state index in [2.05, 4.69) is 87.7 Å². The number of hydrogen-bond donors (Lipinski definition) is 0. The van der Waals surface area contributed by atoms with Crippen LogP contribution in [0.3, 0.4) is 0 Å². The second kappa shape index (κ2) is 8.28. The summed E-state index contributed by atoms with van der Waals surface area (Å²) in [5, 5.41) is 8.94. The average molecular weight is 419 g/mol. The fourth-order valence-electron chi connectivity index (χ4n) is 2.02. The largest absolute Gasteiger partial charge is 0.369 e. The number of nitrogens with zero attached hydrogens (tertiary/aromatic N) is 3. The quantitative estimate of drug-likeness (QED) is 0.471. The van der Waals surface area contributed by atoms with Crippen LogP contribution in [0.1, 0.15) is 47.5 Å². The second-order valence-corrected chi connectivity index (χ2v) is 7.88. The summed E-state index contributed by atoms with van der Waals surface area (Å²) in [5.74, 6) is 0. The van der Waals surface area contributed by atoms with Gasteiger partial charge in [0.1, 0.15) is 5.69 Å². The van der Waals surface area contributed by atoms with Crippen molar-refractivity contribution in [3.05, 3.63) is 21.1 Å². The van der Waals surface area contributed by atoms with Gasteiger partial charge in [0.05, 0.1) is 11.2 Å². The van der Waals surface area contributed by atoms with Crippen molar-refractivity contribution < 1.29 is 0 Å². The Kier molecular flexibility index (Phi) is 7.34. The minimum absolute atomic E-state index is 0.174. The molecule has 0 radical (unpaired) electrons. The lowest BCUT2D eigenvalue weighted by molar-refractivity contribution is 0.552. The van der Waals surface area contributed by atoms with Gasteiger partial charge in [0.2, 0.25) is 0 Å². The maximum Gasteiger partial charge on any atom is 0.111 e. The van der Waals surface area contributed by atoms with Gasteiger partial charge in [0.25, 0.3) is 0 Å². The van der Waals surface area contributed by atoms with Crippen LogP contribution in [-0.4, -0.2) is 18.6 Å². The second-order valence-electron chi connectivity index (χ2n) is 6.11. The number of halogens is 2. The molecule has 0 saturated carbocycles. The lowest BCUT2D eigenvalue weighted by Crippen LogP contribution is -2.25. The van der Waals surface area contributed by atoms with Gasteiger partial charge in [-0.2, -0.15) is 10.2 Å². The zero-order valence-electron chi connectivity index (χ0n) is 13.6. The molecule has 0 amide bonds. The smallest absolute Gasteiger partial charge is 0.111 e. The van der Waals surface area contributed by atoms with Gasteiger partial charge >= 0.3 is 0 Å². The molecule has 0 heterocycles. The van der Waals surface area contributed by atoms with Crippen molar-refractivity contribution in [2.24, 2.45) is 10.2 Å². The van der Waals surface area contributed by atoms with Gasteiger partial charge in [-0.1, -0.05) is 29.8 Å². The molecule has 0 spiro atoms.